The quantitative estimate of drug-likeness (QED) is 0.711. The van der Waals surface area contributed by atoms with Crippen molar-refractivity contribution in [2.45, 2.75) is 6.42 Å². The van der Waals surface area contributed by atoms with E-state index >= 15 is 0 Å². The molecule has 1 N–H and O–H groups in total. The monoisotopic (exact) mass is 373 g/mol. The first-order valence-electron chi connectivity index (χ1n) is 6.74. The van der Waals surface area contributed by atoms with Crippen LogP contribution in [0.5, 0.6) is 0 Å². The van der Waals surface area contributed by atoms with Crippen molar-refractivity contribution in [1.29, 1.82) is 0 Å². The van der Waals surface area contributed by atoms with Crippen LogP contribution in [0.3, 0.4) is 0 Å². The molecule has 0 fully saturated rings. The van der Waals surface area contributed by atoms with Gasteiger partial charge in [-0.1, -0.05) is 0 Å². The number of pyridine rings is 1. The van der Waals surface area contributed by atoms with Gasteiger partial charge in [-0.15, -0.1) is 0 Å². The summed E-state index contributed by atoms with van der Waals surface area (Å²) in [6.07, 6.45) is 1.85. The van der Waals surface area contributed by atoms with Crippen LogP contribution in [0, 0.1) is 0 Å². The fourth-order valence-electron chi connectivity index (χ4n) is 2.33. The topological polar surface area (TPSA) is 50.2 Å². The predicted octanol–water partition coefficient (Wildman–Crippen LogP) is 1.90. The normalized spacial score (nSPS) is 11.3. The molecule has 0 spiro atoms. The van der Waals surface area contributed by atoms with Crippen molar-refractivity contribution in [1.82, 2.24) is 4.98 Å². The van der Waals surface area contributed by atoms with Crippen LogP contribution in [0.25, 0.3) is 10.9 Å². The summed E-state index contributed by atoms with van der Waals surface area (Å²) in [4.78, 5) is 15.4. The second-order valence-corrected chi connectivity index (χ2v) is 8.09. The van der Waals surface area contributed by atoms with Gasteiger partial charge >= 0.3 is 140 Å². The van der Waals surface area contributed by atoms with Crippen molar-refractivity contribution in [3.05, 3.63) is 65.3 Å². The molecule has 0 bridgehead atoms. The molecule has 0 radical (unpaired) electrons. The van der Waals surface area contributed by atoms with Gasteiger partial charge in [0.15, 0.2) is 0 Å². The molecule has 1 aromatic heterocycles. The summed E-state index contributed by atoms with van der Waals surface area (Å²) in [6.45, 7) is 0. The van der Waals surface area contributed by atoms with E-state index < -0.39 is 21.7 Å². The molecule has 22 heavy (non-hydrogen) atoms. The van der Waals surface area contributed by atoms with Gasteiger partial charge in [0, 0.05) is 0 Å². The van der Waals surface area contributed by atoms with Gasteiger partial charge in [-0.25, -0.2) is 0 Å². The number of carbonyl (C=O) groups is 1. The number of nitrogens with zero attached hydrogens (tertiary/aromatic N) is 1. The maximum atomic E-state index is 11.0. The minimum atomic E-state index is -0.801. The van der Waals surface area contributed by atoms with Gasteiger partial charge in [-0.2, -0.15) is 0 Å². The van der Waals surface area contributed by atoms with Crippen LogP contribution >= 0.6 is 11.6 Å². The first-order valence-corrected chi connectivity index (χ1v) is 9.22. The molecule has 1 atom stereocenters. The zero-order valence-corrected chi connectivity index (χ0v) is 14.4. The van der Waals surface area contributed by atoms with Crippen molar-refractivity contribution in [2.75, 3.05) is 0 Å². The molecule has 0 amide bonds. The Balaban J connectivity index is 2.02. The van der Waals surface area contributed by atoms with E-state index in [-0.39, 0.29) is 6.42 Å². The number of hydrogen-bond donors (Lipinski definition) is 1. The van der Waals surface area contributed by atoms with E-state index in [1.165, 1.54) is 4.35 Å². The first kappa shape index (κ1) is 15.1. The molecule has 0 saturated heterocycles. The molecule has 0 aliphatic rings. The zero-order valence-electron chi connectivity index (χ0n) is 11.6. The number of benzene rings is 2. The Hall–Kier alpha value is -1.83. The van der Waals surface area contributed by atoms with Crippen molar-refractivity contribution < 1.29 is 9.90 Å². The number of hydrogen-bond acceptors (Lipinski definition) is 2. The van der Waals surface area contributed by atoms with E-state index in [2.05, 4.69) is 4.98 Å². The van der Waals surface area contributed by atoms with E-state index in [4.69, 9.17) is 16.7 Å². The van der Waals surface area contributed by atoms with Gasteiger partial charge in [0.05, 0.1) is 0 Å². The molecule has 0 saturated carbocycles. The van der Waals surface area contributed by atoms with E-state index in [0.29, 0.717) is 5.02 Å². The van der Waals surface area contributed by atoms with Gasteiger partial charge in [-0.3, -0.25) is 0 Å². The molecule has 1 heterocycles. The maximum absolute atomic E-state index is 11.0. The zero-order chi connectivity index (χ0) is 15.5. The van der Waals surface area contributed by atoms with Crippen molar-refractivity contribution in [2.24, 2.45) is 0 Å². The molecular weight excluding hydrogens is 361 g/mol. The van der Waals surface area contributed by atoms with Gasteiger partial charge in [-0.05, 0) is 0 Å². The van der Waals surface area contributed by atoms with Crippen molar-refractivity contribution >= 4 is 52.9 Å². The van der Waals surface area contributed by atoms with Gasteiger partial charge in [0.2, 0.25) is 0 Å². The molecule has 3 aromatic rings. The number of carboxylic acid groups (broad SMARTS) is 1. The number of aromatic nitrogens is 1. The molecule has 2 aromatic carbocycles. The minimum absolute atomic E-state index is 0.0640. The Morgan fingerprint density at radius 3 is 2.77 bits per heavy atom. The van der Waals surface area contributed by atoms with Gasteiger partial charge in [0.25, 0.3) is 0 Å². The van der Waals surface area contributed by atoms with Crippen LogP contribution in [-0.2, 0) is 11.2 Å². The third-order valence-electron chi connectivity index (χ3n) is 3.33. The third kappa shape index (κ3) is 3.32. The molecule has 3 nitrogen and oxygen atoms in total. The molecule has 110 valence electrons. The van der Waals surface area contributed by atoms with Gasteiger partial charge in [0.1, 0.15) is 0 Å². The number of halogens is 1. The predicted molar refractivity (Wildman–Crippen MR) is 91.0 cm³/mol. The number of fused-ring (bicyclic) bond motifs is 1. The van der Waals surface area contributed by atoms with Crippen LogP contribution in [0.1, 0.15) is 5.56 Å². The van der Waals surface area contributed by atoms with Crippen LogP contribution in [0.2, 0.25) is 5.02 Å². The Labute approximate surface area is 139 Å². The standard InChI is InChI=1S/C17H13AsClNO2/c19-12-5-6-13-15(7-8-20-16(13)10-12)18-14-4-2-1-3-11(14)9-17(21)22/h1-8,10,18H,9H2,(H,21,22). The summed E-state index contributed by atoms with van der Waals surface area (Å²) < 4.78 is 2.38. The number of carboxylic acids is 1. The van der Waals surface area contributed by atoms with E-state index in [1.54, 1.807) is 6.20 Å². The first-order chi connectivity index (χ1) is 10.6. The van der Waals surface area contributed by atoms with E-state index in [1.807, 2.05) is 48.5 Å². The summed E-state index contributed by atoms with van der Waals surface area (Å²) in [7, 11) is 0. The molecule has 0 aliphatic heterocycles. The second-order valence-electron chi connectivity index (χ2n) is 4.87. The average molecular weight is 374 g/mol. The second kappa shape index (κ2) is 6.51. The SMILES string of the molecule is O=C(O)Cc1ccccc1[AsH]c1ccnc2cc(Cl)ccc12. The average Bonchev–Trinajstić information content (AvgIpc) is 2.48. The molecule has 3 rings (SSSR count). The molecule has 0 aliphatic carbocycles. The molecule has 5 heteroatoms. The van der Waals surface area contributed by atoms with Crippen LogP contribution in [0.4, 0.5) is 0 Å². The Bertz CT molecular complexity index is 851. The van der Waals surface area contributed by atoms with E-state index in [9.17, 15) is 4.79 Å². The van der Waals surface area contributed by atoms with Crippen LogP contribution < -0.4 is 8.70 Å². The fourth-order valence-corrected chi connectivity index (χ4v) is 5.24. The van der Waals surface area contributed by atoms with Crippen molar-refractivity contribution in [3.8, 4) is 0 Å². The fraction of sp³-hybridized carbons (Fsp3) is 0.0588. The Kier molecular flexibility index (Phi) is 4.46. The molecular formula is C17H13AsClNO2. The summed E-state index contributed by atoms with van der Waals surface area (Å²) in [5, 5.41) is 10.8. The van der Waals surface area contributed by atoms with E-state index in [0.717, 1.165) is 20.8 Å². The third-order valence-corrected chi connectivity index (χ3v) is 6.64. The van der Waals surface area contributed by atoms with Crippen LogP contribution in [-0.4, -0.2) is 31.8 Å². The summed E-state index contributed by atoms with van der Waals surface area (Å²) >= 11 is 5.38. The summed E-state index contributed by atoms with van der Waals surface area (Å²) in [5.41, 5.74) is 1.78. The summed E-state index contributed by atoms with van der Waals surface area (Å²) in [5.74, 6) is -0.801. The van der Waals surface area contributed by atoms with Crippen molar-refractivity contribution in [3.63, 3.8) is 0 Å². The Morgan fingerprint density at radius 2 is 1.95 bits per heavy atom. The summed E-state index contributed by atoms with van der Waals surface area (Å²) in [6, 6.07) is 15.5. The Morgan fingerprint density at radius 1 is 1.14 bits per heavy atom. The number of aliphatic carboxylic acids is 1. The van der Waals surface area contributed by atoms with Gasteiger partial charge < -0.3 is 0 Å². The van der Waals surface area contributed by atoms with Crippen LogP contribution in [0.15, 0.2) is 54.7 Å². The number of rotatable bonds is 4. The molecule has 1 unspecified atom stereocenters.